The van der Waals surface area contributed by atoms with Gasteiger partial charge in [0.1, 0.15) is 17.6 Å². The second-order valence-corrected chi connectivity index (χ2v) is 11.7. The maximum absolute atomic E-state index is 14.5. The number of esters is 1. The molecule has 0 aromatic heterocycles. The van der Waals surface area contributed by atoms with Gasteiger partial charge in [-0.15, -0.1) is 13.2 Å². The molecule has 0 aromatic rings. The van der Waals surface area contributed by atoms with Crippen molar-refractivity contribution in [3.05, 3.63) is 25.3 Å². The molecule has 0 aliphatic carbocycles. The Morgan fingerprint density at radius 2 is 1.95 bits per heavy atom. The van der Waals surface area contributed by atoms with E-state index in [0.717, 1.165) is 13.1 Å². The van der Waals surface area contributed by atoms with Gasteiger partial charge in [-0.05, 0) is 32.1 Å². The van der Waals surface area contributed by atoms with Gasteiger partial charge in [-0.1, -0.05) is 26.0 Å². The van der Waals surface area contributed by atoms with E-state index in [9.17, 15) is 19.5 Å². The van der Waals surface area contributed by atoms with Crippen LogP contribution >= 0.6 is 0 Å². The van der Waals surface area contributed by atoms with Crippen LogP contribution in [0.15, 0.2) is 25.3 Å². The molecule has 0 aromatic carbocycles. The summed E-state index contributed by atoms with van der Waals surface area (Å²) in [6.07, 6.45) is 4.88. The predicted octanol–water partition coefficient (Wildman–Crippen LogP) is 1.23. The summed E-state index contributed by atoms with van der Waals surface area (Å²) in [6, 6.07) is -1.55. The molecular formula is C29H45N3O7. The van der Waals surface area contributed by atoms with E-state index in [-0.39, 0.29) is 30.9 Å². The Morgan fingerprint density at radius 1 is 1.23 bits per heavy atom. The third kappa shape index (κ3) is 5.28. The van der Waals surface area contributed by atoms with Crippen LogP contribution in [-0.2, 0) is 28.6 Å². The first-order chi connectivity index (χ1) is 18.6. The maximum Gasteiger partial charge on any atom is 0.312 e. The highest BCUT2D eigenvalue weighted by Crippen LogP contribution is 2.63. The van der Waals surface area contributed by atoms with E-state index in [0.29, 0.717) is 52.1 Å². The fraction of sp³-hybridized carbons (Fsp3) is 0.759. The van der Waals surface area contributed by atoms with Gasteiger partial charge in [0, 0.05) is 32.7 Å². The number of rotatable bonds is 13. The lowest BCUT2D eigenvalue weighted by Crippen LogP contribution is -2.60. The summed E-state index contributed by atoms with van der Waals surface area (Å²) >= 11 is 0. The van der Waals surface area contributed by atoms with Gasteiger partial charge >= 0.3 is 5.97 Å². The van der Waals surface area contributed by atoms with Gasteiger partial charge in [0.2, 0.25) is 11.8 Å². The van der Waals surface area contributed by atoms with E-state index in [1.54, 1.807) is 17.1 Å². The van der Waals surface area contributed by atoms with Crippen LogP contribution in [-0.4, -0.2) is 120 Å². The molecule has 1 spiro atoms. The van der Waals surface area contributed by atoms with Crippen LogP contribution in [0.3, 0.4) is 0 Å². The molecule has 0 radical (unpaired) electrons. The minimum absolute atomic E-state index is 0.114. The zero-order chi connectivity index (χ0) is 28.4. The minimum atomic E-state index is -1.16. The van der Waals surface area contributed by atoms with Crippen molar-refractivity contribution in [2.75, 3.05) is 59.2 Å². The van der Waals surface area contributed by atoms with E-state index < -0.39 is 41.1 Å². The molecule has 2 bridgehead atoms. The van der Waals surface area contributed by atoms with Crippen molar-refractivity contribution < 1.29 is 33.7 Å². The third-order valence-electron chi connectivity index (χ3n) is 9.03. The van der Waals surface area contributed by atoms with Crippen molar-refractivity contribution in [3.63, 3.8) is 0 Å². The normalized spacial score (nSPS) is 32.8. The highest BCUT2D eigenvalue weighted by Gasteiger charge is 2.79. The van der Waals surface area contributed by atoms with Crippen molar-refractivity contribution in [1.82, 2.24) is 14.7 Å². The topological polar surface area (TPSA) is 109 Å². The van der Waals surface area contributed by atoms with Gasteiger partial charge in [-0.25, -0.2) is 0 Å². The smallest absolute Gasteiger partial charge is 0.312 e. The fourth-order valence-electron chi connectivity index (χ4n) is 7.02. The number of fused-ring (bicyclic) bond motifs is 1. The first-order valence-corrected chi connectivity index (χ1v) is 14.3. The molecule has 4 heterocycles. The van der Waals surface area contributed by atoms with Crippen LogP contribution in [0.25, 0.3) is 0 Å². The lowest BCUT2D eigenvalue weighted by Gasteiger charge is -2.41. The number of likely N-dealkylation sites (tertiary alicyclic amines) is 1. The molecule has 10 nitrogen and oxygen atoms in total. The summed E-state index contributed by atoms with van der Waals surface area (Å²) in [4.78, 5) is 47.7. The molecule has 0 saturated carbocycles. The van der Waals surface area contributed by atoms with Crippen molar-refractivity contribution in [1.29, 1.82) is 0 Å². The molecule has 10 heteroatoms. The molecule has 1 N–H and O–H groups in total. The van der Waals surface area contributed by atoms with Crippen LogP contribution in [0.1, 0.15) is 40.0 Å². The minimum Gasteiger partial charge on any atom is -0.465 e. The van der Waals surface area contributed by atoms with Gasteiger partial charge in [0.25, 0.3) is 0 Å². The zero-order valence-electron chi connectivity index (χ0n) is 23.7. The predicted molar refractivity (Wildman–Crippen MR) is 145 cm³/mol. The summed E-state index contributed by atoms with van der Waals surface area (Å²) in [5, 5.41) is 10.4. The van der Waals surface area contributed by atoms with Gasteiger partial charge in [-0.2, -0.15) is 0 Å². The number of nitrogens with zero attached hydrogens (tertiary/aromatic N) is 3. The SMILES string of the molecule is C=CCCOC(=O)[C@@H]1[C@H]2C(=O)N([C@@H](CO)C(C)C)C(C(=O)N(CC=C)CCN3CCOCC3)C23CC[C@@]1(C)O3. The summed E-state index contributed by atoms with van der Waals surface area (Å²) in [7, 11) is 0. The quantitative estimate of drug-likeness (QED) is 0.208. The average molecular weight is 548 g/mol. The number of aliphatic hydroxyl groups excluding tert-OH is 1. The van der Waals surface area contributed by atoms with Gasteiger partial charge in [0.15, 0.2) is 0 Å². The van der Waals surface area contributed by atoms with E-state index in [4.69, 9.17) is 14.2 Å². The van der Waals surface area contributed by atoms with E-state index in [1.807, 2.05) is 20.8 Å². The van der Waals surface area contributed by atoms with E-state index in [1.165, 1.54) is 4.90 Å². The summed E-state index contributed by atoms with van der Waals surface area (Å²) in [6.45, 7) is 17.5. The summed E-state index contributed by atoms with van der Waals surface area (Å²) in [5.74, 6) is -2.82. The van der Waals surface area contributed by atoms with Crippen molar-refractivity contribution in [3.8, 4) is 0 Å². The number of carbonyl (C=O) groups excluding carboxylic acids is 3. The van der Waals surface area contributed by atoms with Crippen LogP contribution in [0.5, 0.6) is 0 Å². The molecule has 4 aliphatic heterocycles. The van der Waals surface area contributed by atoms with Crippen LogP contribution in [0, 0.1) is 17.8 Å². The average Bonchev–Trinajstić information content (AvgIpc) is 3.48. The largest absolute Gasteiger partial charge is 0.465 e. The molecule has 4 rings (SSSR count). The van der Waals surface area contributed by atoms with Gasteiger partial charge < -0.3 is 29.1 Å². The lowest BCUT2D eigenvalue weighted by atomic mass is 9.66. The second kappa shape index (κ2) is 12.1. The lowest BCUT2D eigenvalue weighted by molar-refractivity contribution is -0.162. The molecule has 39 heavy (non-hydrogen) atoms. The van der Waals surface area contributed by atoms with Gasteiger partial charge in [0.05, 0.1) is 44.0 Å². The Bertz CT molecular complexity index is 951. The summed E-state index contributed by atoms with van der Waals surface area (Å²) < 4.78 is 17.7. The standard InChI is InChI=1S/C29H45N3O7/c1-6-8-16-38-27(36)23-22-25(34)32(21(19-33)20(3)4)24(29(22)10-9-28(23,5)39-29)26(35)31(11-7-2)13-12-30-14-17-37-18-15-30/h6-7,20-24,33H,1-2,8-19H2,3-5H3/t21-,22-,23-,24?,28+,29?/m0/s1. The van der Waals surface area contributed by atoms with Crippen molar-refractivity contribution in [2.24, 2.45) is 17.8 Å². The molecule has 4 aliphatic rings. The first kappa shape index (κ1) is 29.7. The highest BCUT2D eigenvalue weighted by atomic mass is 16.6. The number of aliphatic hydroxyl groups is 1. The molecule has 4 fully saturated rings. The number of morpholine rings is 1. The molecule has 2 amide bonds. The molecule has 4 saturated heterocycles. The molecule has 6 atom stereocenters. The number of amides is 2. The molecular weight excluding hydrogens is 502 g/mol. The van der Waals surface area contributed by atoms with Crippen LogP contribution in [0.2, 0.25) is 0 Å². The Balaban J connectivity index is 1.69. The summed E-state index contributed by atoms with van der Waals surface area (Å²) in [5.41, 5.74) is -2.06. The Morgan fingerprint density at radius 3 is 2.56 bits per heavy atom. The fourth-order valence-corrected chi connectivity index (χ4v) is 7.02. The zero-order valence-corrected chi connectivity index (χ0v) is 23.7. The van der Waals surface area contributed by atoms with E-state index in [2.05, 4.69) is 18.1 Å². The highest BCUT2D eigenvalue weighted by molar-refractivity contribution is 5.98. The number of ether oxygens (including phenoxy) is 3. The molecule has 218 valence electrons. The number of carbonyl (C=O) groups is 3. The van der Waals surface area contributed by atoms with Gasteiger partial charge in [-0.3, -0.25) is 19.3 Å². The monoisotopic (exact) mass is 547 g/mol. The second-order valence-electron chi connectivity index (χ2n) is 11.7. The number of hydrogen-bond acceptors (Lipinski definition) is 8. The third-order valence-corrected chi connectivity index (χ3v) is 9.03. The van der Waals surface area contributed by atoms with E-state index >= 15 is 0 Å². The molecule has 2 unspecified atom stereocenters. The Kier molecular flexibility index (Phi) is 9.20. The van der Waals surface area contributed by atoms with Crippen molar-refractivity contribution >= 4 is 17.8 Å². The van der Waals surface area contributed by atoms with Crippen LogP contribution in [0.4, 0.5) is 0 Å². The Hall–Kier alpha value is -2.27. The van der Waals surface area contributed by atoms with Crippen LogP contribution < -0.4 is 0 Å². The number of hydrogen-bond donors (Lipinski definition) is 1. The first-order valence-electron chi connectivity index (χ1n) is 14.3. The van der Waals surface area contributed by atoms with Crippen molar-refractivity contribution in [2.45, 2.75) is 63.3 Å². The Labute approximate surface area is 231 Å². The maximum atomic E-state index is 14.5.